The Labute approximate surface area is 113 Å². The van der Waals surface area contributed by atoms with Crippen molar-refractivity contribution >= 4 is 21.2 Å². The molecule has 1 aliphatic rings. The van der Waals surface area contributed by atoms with Gasteiger partial charge in [0.1, 0.15) is 0 Å². The highest BCUT2D eigenvalue weighted by atomic mass is 32.2. The van der Waals surface area contributed by atoms with Crippen molar-refractivity contribution in [1.29, 1.82) is 0 Å². The van der Waals surface area contributed by atoms with Crippen LogP contribution < -0.4 is 5.32 Å². The number of sulfone groups is 1. The van der Waals surface area contributed by atoms with Crippen molar-refractivity contribution < 1.29 is 22.1 Å². The van der Waals surface area contributed by atoms with Crippen LogP contribution in [0.3, 0.4) is 0 Å². The van der Waals surface area contributed by atoms with Gasteiger partial charge in [0.15, 0.2) is 27.2 Å². The van der Waals surface area contributed by atoms with Crippen molar-refractivity contribution in [2.45, 2.75) is 18.1 Å². The molecule has 1 heterocycles. The van der Waals surface area contributed by atoms with Crippen molar-refractivity contribution in [2.24, 2.45) is 0 Å². The van der Waals surface area contributed by atoms with Gasteiger partial charge in [-0.2, -0.15) is 0 Å². The zero-order chi connectivity index (χ0) is 14.9. The Morgan fingerprint density at radius 2 is 2.10 bits per heavy atom. The van der Waals surface area contributed by atoms with Gasteiger partial charge in [-0.15, -0.1) is 0 Å². The van der Waals surface area contributed by atoms with E-state index in [0.717, 1.165) is 6.07 Å². The van der Waals surface area contributed by atoms with E-state index in [0.29, 0.717) is 18.9 Å². The van der Waals surface area contributed by atoms with E-state index < -0.39 is 43.0 Å². The largest absolute Gasteiger partial charge is 0.376 e. The van der Waals surface area contributed by atoms with Crippen LogP contribution in [0.4, 0.5) is 20.2 Å². The maximum Gasteiger partial charge on any atom is 0.295 e. The van der Waals surface area contributed by atoms with Crippen LogP contribution in [0.1, 0.15) is 12.8 Å². The van der Waals surface area contributed by atoms with Gasteiger partial charge in [-0.1, -0.05) is 0 Å². The lowest BCUT2D eigenvalue weighted by Gasteiger charge is -2.12. The van der Waals surface area contributed by atoms with Crippen LogP contribution in [0, 0.1) is 21.7 Å². The summed E-state index contributed by atoms with van der Waals surface area (Å²) in [7, 11) is -3.26. The molecule has 1 saturated heterocycles. The predicted octanol–water partition coefficient (Wildman–Crippen LogP) is 1.86. The molecule has 110 valence electrons. The van der Waals surface area contributed by atoms with E-state index in [4.69, 9.17) is 0 Å². The zero-order valence-electron chi connectivity index (χ0n) is 10.3. The van der Waals surface area contributed by atoms with Crippen LogP contribution in [0.15, 0.2) is 12.1 Å². The molecule has 1 unspecified atom stereocenters. The van der Waals surface area contributed by atoms with Gasteiger partial charge in [-0.3, -0.25) is 10.1 Å². The maximum absolute atomic E-state index is 13.6. The van der Waals surface area contributed by atoms with E-state index >= 15 is 0 Å². The normalized spacial score (nSPS) is 20.8. The van der Waals surface area contributed by atoms with Gasteiger partial charge in [0, 0.05) is 12.6 Å². The summed E-state index contributed by atoms with van der Waals surface area (Å²) in [6.45, 7) is -0.177. The van der Waals surface area contributed by atoms with Gasteiger partial charge in [-0.05, 0) is 18.9 Å². The molecule has 2 rings (SSSR count). The van der Waals surface area contributed by atoms with E-state index in [9.17, 15) is 27.3 Å². The van der Waals surface area contributed by atoms with Crippen molar-refractivity contribution in [2.75, 3.05) is 17.6 Å². The monoisotopic (exact) mass is 306 g/mol. The Bertz CT molecular complexity index is 648. The average Bonchev–Trinajstić information content (AvgIpc) is 2.70. The molecule has 1 fully saturated rings. The second kappa shape index (κ2) is 5.31. The lowest BCUT2D eigenvalue weighted by Crippen LogP contribution is -2.25. The van der Waals surface area contributed by atoms with Gasteiger partial charge in [0.05, 0.1) is 15.9 Å². The molecule has 1 aromatic rings. The third-order valence-electron chi connectivity index (χ3n) is 3.24. The fourth-order valence-corrected chi connectivity index (χ4v) is 3.93. The molecule has 20 heavy (non-hydrogen) atoms. The number of anilines is 1. The topological polar surface area (TPSA) is 89.3 Å². The van der Waals surface area contributed by atoms with E-state index in [2.05, 4.69) is 5.32 Å². The number of nitro benzene ring substituents is 1. The molecule has 0 aliphatic carbocycles. The first kappa shape index (κ1) is 14.6. The van der Waals surface area contributed by atoms with E-state index in [-0.39, 0.29) is 12.3 Å². The second-order valence-corrected chi connectivity index (χ2v) is 6.93. The highest BCUT2D eigenvalue weighted by molar-refractivity contribution is 7.92. The number of halogens is 2. The smallest absolute Gasteiger partial charge is 0.295 e. The molecule has 0 bridgehead atoms. The molecule has 6 nitrogen and oxygen atoms in total. The Morgan fingerprint density at radius 3 is 2.65 bits per heavy atom. The van der Waals surface area contributed by atoms with Gasteiger partial charge >= 0.3 is 0 Å². The van der Waals surface area contributed by atoms with Crippen LogP contribution in [-0.4, -0.2) is 30.9 Å². The summed E-state index contributed by atoms with van der Waals surface area (Å²) in [6.07, 6.45) is 0.905. The molecule has 0 aromatic heterocycles. The average molecular weight is 306 g/mol. The van der Waals surface area contributed by atoms with Crippen LogP contribution in [0.2, 0.25) is 0 Å². The van der Waals surface area contributed by atoms with E-state index in [1.165, 1.54) is 0 Å². The molecular weight excluding hydrogens is 294 g/mol. The summed E-state index contributed by atoms with van der Waals surface area (Å²) < 4.78 is 49.9. The van der Waals surface area contributed by atoms with Crippen LogP contribution >= 0.6 is 0 Å². The molecule has 0 spiro atoms. The number of hydrogen-bond acceptors (Lipinski definition) is 5. The SMILES string of the molecule is O=[N+]([O-])c1ccc(F)c(F)c1NCC1CCCS1(=O)=O. The second-order valence-electron chi connectivity index (χ2n) is 4.52. The number of hydrogen-bond donors (Lipinski definition) is 1. The third kappa shape index (κ3) is 2.72. The summed E-state index contributed by atoms with van der Waals surface area (Å²) in [6, 6.07) is 1.49. The Balaban J connectivity index is 2.25. The third-order valence-corrected chi connectivity index (χ3v) is 5.51. The maximum atomic E-state index is 13.6. The predicted molar refractivity (Wildman–Crippen MR) is 68.3 cm³/mol. The summed E-state index contributed by atoms with van der Waals surface area (Å²) in [5.74, 6) is -2.56. The van der Waals surface area contributed by atoms with E-state index in [1.807, 2.05) is 0 Å². The summed E-state index contributed by atoms with van der Waals surface area (Å²) in [5, 5.41) is 12.4. The molecule has 0 radical (unpaired) electrons. The summed E-state index contributed by atoms with van der Waals surface area (Å²) >= 11 is 0. The molecule has 0 saturated carbocycles. The van der Waals surface area contributed by atoms with Crippen molar-refractivity contribution in [3.8, 4) is 0 Å². The number of nitro groups is 1. The molecule has 1 aliphatic heterocycles. The number of nitrogens with zero attached hydrogens (tertiary/aromatic N) is 1. The Kier molecular flexibility index (Phi) is 3.89. The molecule has 0 amide bonds. The highest BCUT2D eigenvalue weighted by Crippen LogP contribution is 2.30. The minimum absolute atomic E-state index is 0.0487. The molecule has 1 N–H and O–H groups in total. The minimum atomic E-state index is -3.26. The van der Waals surface area contributed by atoms with Crippen molar-refractivity contribution in [3.63, 3.8) is 0 Å². The number of rotatable bonds is 4. The van der Waals surface area contributed by atoms with Gasteiger partial charge in [0.25, 0.3) is 5.69 Å². The fourth-order valence-electron chi connectivity index (χ4n) is 2.16. The van der Waals surface area contributed by atoms with Crippen molar-refractivity contribution in [3.05, 3.63) is 33.9 Å². The molecule has 9 heteroatoms. The molecule has 1 aromatic carbocycles. The van der Waals surface area contributed by atoms with E-state index in [1.54, 1.807) is 0 Å². The molecular formula is C11H12F2N2O4S. The van der Waals surface area contributed by atoms with Crippen molar-refractivity contribution in [1.82, 2.24) is 0 Å². The van der Waals surface area contributed by atoms with Crippen LogP contribution in [0.5, 0.6) is 0 Å². The first-order valence-electron chi connectivity index (χ1n) is 5.91. The standard InChI is InChI=1S/C11H12F2N2O4S/c12-8-3-4-9(15(16)17)11(10(8)13)14-6-7-2-1-5-20(7,18)19/h3-4,7,14H,1-2,5-6H2. The first-order valence-corrected chi connectivity index (χ1v) is 7.62. The fraction of sp³-hybridized carbons (Fsp3) is 0.455. The minimum Gasteiger partial charge on any atom is -0.376 e. The van der Waals surface area contributed by atoms with Crippen LogP contribution in [0.25, 0.3) is 0 Å². The lowest BCUT2D eigenvalue weighted by atomic mass is 10.2. The Hall–Kier alpha value is -1.77. The summed E-state index contributed by atoms with van der Waals surface area (Å²) in [5.41, 5.74) is -1.24. The lowest BCUT2D eigenvalue weighted by molar-refractivity contribution is -0.384. The first-order chi connectivity index (χ1) is 9.33. The van der Waals surface area contributed by atoms with Gasteiger partial charge < -0.3 is 5.32 Å². The number of nitrogens with one attached hydrogen (secondary N) is 1. The quantitative estimate of drug-likeness (QED) is 0.677. The highest BCUT2D eigenvalue weighted by Gasteiger charge is 2.32. The number of benzene rings is 1. The molecule has 1 atom stereocenters. The summed E-state index contributed by atoms with van der Waals surface area (Å²) in [4.78, 5) is 9.91. The van der Waals surface area contributed by atoms with Gasteiger partial charge in [-0.25, -0.2) is 17.2 Å². The Morgan fingerprint density at radius 1 is 1.40 bits per heavy atom. The van der Waals surface area contributed by atoms with Crippen LogP contribution in [-0.2, 0) is 9.84 Å². The van der Waals surface area contributed by atoms with Gasteiger partial charge in [0.2, 0.25) is 0 Å². The zero-order valence-corrected chi connectivity index (χ0v) is 11.1.